The number of nitrogens with one attached hydrogen (secondary N) is 1. The lowest BCUT2D eigenvalue weighted by Crippen LogP contribution is -2.23. The van der Waals surface area contributed by atoms with E-state index in [4.69, 9.17) is 10.8 Å². The van der Waals surface area contributed by atoms with Gasteiger partial charge in [-0.3, -0.25) is 5.32 Å². The predicted molar refractivity (Wildman–Crippen MR) is 56.7 cm³/mol. The van der Waals surface area contributed by atoms with Gasteiger partial charge in [0.25, 0.3) is 0 Å². The molecule has 0 aromatic heterocycles. The monoisotopic (exact) mass is 237 g/mol. The lowest BCUT2D eigenvalue weighted by Gasteiger charge is -2.11. The number of azide groups is 1. The fourth-order valence-corrected chi connectivity index (χ4v) is 1.27. The van der Waals surface area contributed by atoms with Gasteiger partial charge in [-0.15, -0.1) is 0 Å². The summed E-state index contributed by atoms with van der Waals surface area (Å²) in [7, 11) is 0. The second-order valence-corrected chi connectivity index (χ2v) is 3.11. The third-order valence-corrected chi connectivity index (χ3v) is 2.05. The largest absolute Gasteiger partial charge is 0.298 e. The van der Waals surface area contributed by atoms with Crippen molar-refractivity contribution in [1.82, 2.24) is 5.32 Å². The Morgan fingerprint density at radius 1 is 1.53 bits per heavy atom. The molecule has 0 spiro atoms. The first-order valence-electron chi connectivity index (χ1n) is 4.78. The highest BCUT2D eigenvalue weighted by Crippen LogP contribution is 2.18. The summed E-state index contributed by atoms with van der Waals surface area (Å²) in [5, 5.41) is 14.8. The smallest absolute Gasteiger partial charge is 0.164 e. The minimum absolute atomic E-state index is 0.0616. The highest BCUT2D eigenvalue weighted by atomic mass is 19.2. The van der Waals surface area contributed by atoms with E-state index >= 15 is 0 Å². The third kappa shape index (κ3) is 3.41. The lowest BCUT2D eigenvalue weighted by molar-refractivity contribution is 0.486. The van der Waals surface area contributed by atoms with Crippen molar-refractivity contribution in [2.45, 2.75) is 6.04 Å². The molecule has 0 aliphatic rings. The van der Waals surface area contributed by atoms with Crippen molar-refractivity contribution in [1.29, 1.82) is 5.26 Å². The van der Waals surface area contributed by atoms with E-state index in [1.165, 1.54) is 12.1 Å². The second-order valence-electron chi connectivity index (χ2n) is 3.11. The second kappa shape index (κ2) is 6.43. The molecule has 1 atom stereocenters. The van der Waals surface area contributed by atoms with Crippen LogP contribution in [0, 0.1) is 23.0 Å². The van der Waals surface area contributed by atoms with E-state index in [0.29, 0.717) is 0 Å². The zero-order chi connectivity index (χ0) is 12.7. The summed E-state index contributed by atoms with van der Waals surface area (Å²) in [6, 6.07) is 4.47. The van der Waals surface area contributed by atoms with Crippen LogP contribution in [-0.4, -0.2) is 13.1 Å². The van der Waals surface area contributed by atoms with E-state index < -0.39 is 17.7 Å². The zero-order valence-corrected chi connectivity index (χ0v) is 8.77. The standard InChI is InChI=1S/C10H9F2N5/c11-8-3-1-2-7(10(8)12)9(6-13)15-4-5-16-17-14/h1-3,9,15H,4-5H2. The molecule has 1 aromatic rings. The summed E-state index contributed by atoms with van der Waals surface area (Å²) in [6.45, 7) is 0.337. The molecule has 7 heteroatoms. The van der Waals surface area contributed by atoms with Gasteiger partial charge in [-0.25, -0.2) is 8.78 Å². The van der Waals surface area contributed by atoms with Crippen LogP contribution in [0.15, 0.2) is 23.3 Å². The van der Waals surface area contributed by atoms with Crippen LogP contribution < -0.4 is 5.32 Å². The quantitative estimate of drug-likeness (QED) is 0.369. The summed E-state index contributed by atoms with van der Waals surface area (Å²) < 4.78 is 26.3. The van der Waals surface area contributed by atoms with Crippen molar-refractivity contribution >= 4 is 0 Å². The van der Waals surface area contributed by atoms with Gasteiger partial charge < -0.3 is 0 Å². The van der Waals surface area contributed by atoms with Gasteiger partial charge in [-0.05, 0) is 11.6 Å². The molecular weight excluding hydrogens is 228 g/mol. The maximum atomic E-state index is 13.4. The number of nitriles is 1. The number of hydrogen-bond donors (Lipinski definition) is 1. The van der Waals surface area contributed by atoms with Crippen LogP contribution in [0.1, 0.15) is 11.6 Å². The van der Waals surface area contributed by atoms with Gasteiger partial charge in [0, 0.05) is 23.6 Å². The van der Waals surface area contributed by atoms with Crippen molar-refractivity contribution < 1.29 is 8.78 Å². The van der Waals surface area contributed by atoms with Gasteiger partial charge in [-0.2, -0.15) is 5.26 Å². The molecule has 0 aliphatic heterocycles. The van der Waals surface area contributed by atoms with Crippen molar-refractivity contribution in [2.75, 3.05) is 13.1 Å². The summed E-state index contributed by atoms with van der Waals surface area (Å²) in [4.78, 5) is 2.53. The van der Waals surface area contributed by atoms with Crippen LogP contribution in [0.2, 0.25) is 0 Å². The van der Waals surface area contributed by atoms with Crippen molar-refractivity contribution in [3.8, 4) is 6.07 Å². The first kappa shape index (κ1) is 12.9. The molecule has 0 saturated heterocycles. The maximum absolute atomic E-state index is 13.4. The van der Waals surface area contributed by atoms with Crippen molar-refractivity contribution in [2.24, 2.45) is 5.11 Å². The third-order valence-electron chi connectivity index (χ3n) is 2.05. The number of benzene rings is 1. The number of halogens is 2. The number of nitrogens with zero attached hydrogens (tertiary/aromatic N) is 4. The SMILES string of the molecule is N#CC(NCCN=[N+]=[N-])c1cccc(F)c1F. The number of hydrogen-bond acceptors (Lipinski definition) is 3. The first-order chi connectivity index (χ1) is 8.20. The molecule has 0 radical (unpaired) electrons. The van der Waals surface area contributed by atoms with Crippen LogP contribution in [-0.2, 0) is 0 Å². The average molecular weight is 237 g/mol. The van der Waals surface area contributed by atoms with Gasteiger partial charge >= 0.3 is 0 Å². The van der Waals surface area contributed by atoms with E-state index in [1.54, 1.807) is 0 Å². The Morgan fingerprint density at radius 2 is 2.29 bits per heavy atom. The highest BCUT2D eigenvalue weighted by Gasteiger charge is 2.16. The molecule has 0 aliphatic carbocycles. The van der Waals surface area contributed by atoms with Crippen molar-refractivity contribution in [3.05, 3.63) is 45.8 Å². The molecule has 0 saturated carbocycles. The van der Waals surface area contributed by atoms with Crippen LogP contribution in [0.4, 0.5) is 8.78 Å². The zero-order valence-electron chi connectivity index (χ0n) is 8.77. The van der Waals surface area contributed by atoms with Gasteiger partial charge in [0.2, 0.25) is 0 Å². The maximum Gasteiger partial charge on any atom is 0.164 e. The minimum atomic E-state index is -1.05. The lowest BCUT2D eigenvalue weighted by atomic mass is 10.1. The van der Waals surface area contributed by atoms with E-state index in [1.807, 2.05) is 6.07 Å². The molecule has 0 heterocycles. The summed E-state index contributed by atoms with van der Waals surface area (Å²) in [6.07, 6.45) is 0. The molecule has 5 nitrogen and oxygen atoms in total. The van der Waals surface area contributed by atoms with Gasteiger partial charge in [-0.1, -0.05) is 17.2 Å². The molecule has 1 aromatic carbocycles. The van der Waals surface area contributed by atoms with E-state index in [9.17, 15) is 8.78 Å². The summed E-state index contributed by atoms with van der Waals surface area (Å²) in [5.41, 5.74) is 7.98. The van der Waals surface area contributed by atoms with Gasteiger partial charge in [0.15, 0.2) is 11.6 Å². The Balaban J connectivity index is 2.77. The van der Waals surface area contributed by atoms with Crippen molar-refractivity contribution in [3.63, 3.8) is 0 Å². The Labute approximate surface area is 96.3 Å². The minimum Gasteiger partial charge on any atom is -0.298 e. The molecule has 17 heavy (non-hydrogen) atoms. The Morgan fingerprint density at radius 3 is 2.94 bits per heavy atom. The molecule has 88 valence electrons. The highest BCUT2D eigenvalue weighted by molar-refractivity contribution is 5.26. The molecule has 0 fully saturated rings. The molecule has 0 amide bonds. The van der Waals surface area contributed by atoms with E-state index in [2.05, 4.69) is 15.3 Å². The number of rotatable bonds is 5. The molecule has 1 unspecified atom stereocenters. The summed E-state index contributed by atoms with van der Waals surface area (Å²) in [5.74, 6) is -2.05. The topological polar surface area (TPSA) is 84.6 Å². The summed E-state index contributed by atoms with van der Waals surface area (Å²) >= 11 is 0. The molecule has 0 bridgehead atoms. The van der Waals surface area contributed by atoms with Crippen LogP contribution in [0.25, 0.3) is 10.4 Å². The van der Waals surface area contributed by atoms with E-state index in [-0.39, 0.29) is 18.7 Å². The Hall–Kier alpha value is -2.16. The Kier molecular flexibility index (Phi) is 4.88. The Bertz CT molecular complexity index is 476. The van der Waals surface area contributed by atoms with Gasteiger partial charge in [0.05, 0.1) is 6.07 Å². The van der Waals surface area contributed by atoms with Crippen LogP contribution in [0.3, 0.4) is 0 Å². The first-order valence-corrected chi connectivity index (χ1v) is 4.78. The fraction of sp³-hybridized carbons (Fsp3) is 0.300. The van der Waals surface area contributed by atoms with E-state index in [0.717, 1.165) is 6.07 Å². The molecule has 1 rings (SSSR count). The van der Waals surface area contributed by atoms with Crippen LogP contribution >= 0.6 is 0 Å². The average Bonchev–Trinajstić information content (AvgIpc) is 2.34. The van der Waals surface area contributed by atoms with Gasteiger partial charge in [0.1, 0.15) is 6.04 Å². The molecule has 1 N–H and O–H groups in total. The fourth-order valence-electron chi connectivity index (χ4n) is 1.27. The predicted octanol–water partition coefficient (Wildman–Crippen LogP) is 2.43. The van der Waals surface area contributed by atoms with Crippen LogP contribution in [0.5, 0.6) is 0 Å². The molecular formula is C10H9F2N5. The normalized spacial score (nSPS) is 11.4.